The number of nitrogens with zero attached hydrogens (tertiary/aromatic N) is 2. The SMILES string of the molecule is CC[C@H](C)[C@H](NC(=O)[C@H](C)NC(=O)[C@@H]1CCCN1)C(=O)N[C@H](C(=O)N[C@@H](CC(N)=O)C(=O)N[C@@H](CCCN=C(N)N)C(=O)N1CCC[C@H]1C(=O)N[C@H](C=O)CCC(N)=O)[C@@H](C)CC. The van der Waals surface area contributed by atoms with Gasteiger partial charge in [-0.1, -0.05) is 40.5 Å². The summed E-state index contributed by atoms with van der Waals surface area (Å²) in [5, 5.41) is 18.8. The fourth-order valence-electron chi connectivity index (χ4n) is 7.17. The third-order valence-corrected chi connectivity index (χ3v) is 11.3. The van der Waals surface area contributed by atoms with E-state index < -0.39 is 114 Å². The van der Waals surface area contributed by atoms with Crippen molar-refractivity contribution in [3.63, 3.8) is 0 Å². The second-order valence-corrected chi connectivity index (χ2v) is 16.3. The molecule has 354 valence electrons. The molecule has 2 aliphatic heterocycles. The van der Waals surface area contributed by atoms with Crippen LogP contribution in [0.1, 0.15) is 105 Å². The van der Waals surface area contributed by atoms with Gasteiger partial charge in [-0.25, -0.2) is 0 Å². The zero-order valence-electron chi connectivity index (χ0n) is 37.0. The van der Waals surface area contributed by atoms with Gasteiger partial charge in [0.15, 0.2) is 5.96 Å². The van der Waals surface area contributed by atoms with Crippen molar-refractivity contribution < 1.29 is 47.9 Å². The van der Waals surface area contributed by atoms with Gasteiger partial charge in [0.1, 0.15) is 42.5 Å². The third kappa shape index (κ3) is 17.4. The minimum Gasteiger partial charge on any atom is -0.370 e. The van der Waals surface area contributed by atoms with E-state index in [4.69, 9.17) is 22.9 Å². The molecule has 2 heterocycles. The highest BCUT2D eigenvalue weighted by Crippen LogP contribution is 2.21. The van der Waals surface area contributed by atoms with Gasteiger partial charge < -0.3 is 69.8 Å². The van der Waals surface area contributed by atoms with Crippen molar-refractivity contribution in [2.75, 3.05) is 19.6 Å². The Morgan fingerprint density at radius 3 is 1.86 bits per heavy atom. The molecule has 2 saturated heterocycles. The van der Waals surface area contributed by atoms with E-state index in [1.54, 1.807) is 20.8 Å². The molecule has 9 amide bonds. The summed E-state index contributed by atoms with van der Waals surface area (Å²) in [6.07, 6.45) is 2.59. The van der Waals surface area contributed by atoms with Crippen LogP contribution in [-0.4, -0.2) is 138 Å². The molecule has 0 unspecified atom stereocenters. The summed E-state index contributed by atoms with van der Waals surface area (Å²) < 4.78 is 0. The third-order valence-electron chi connectivity index (χ3n) is 11.3. The van der Waals surface area contributed by atoms with Gasteiger partial charge >= 0.3 is 0 Å². The second kappa shape index (κ2) is 26.6. The van der Waals surface area contributed by atoms with E-state index in [9.17, 15) is 47.9 Å². The summed E-state index contributed by atoms with van der Waals surface area (Å²) in [4.78, 5) is 136. The van der Waals surface area contributed by atoms with Gasteiger partial charge in [-0.05, 0) is 70.3 Å². The minimum atomic E-state index is -1.63. The highest BCUT2D eigenvalue weighted by molar-refractivity contribution is 5.99. The molecule has 0 radical (unpaired) electrons. The van der Waals surface area contributed by atoms with E-state index in [0.717, 1.165) is 6.42 Å². The van der Waals surface area contributed by atoms with Crippen molar-refractivity contribution in [3.8, 4) is 0 Å². The number of rotatable bonds is 27. The maximum Gasteiger partial charge on any atom is 0.245 e. The van der Waals surface area contributed by atoms with Gasteiger partial charge in [-0.2, -0.15) is 0 Å². The molecule has 23 nitrogen and oxygen atoms in total. The normalized spacial score (nSPS) is 19.6. The number of hydrogen-bond acceptors (Lipinski definition) is 12. The number of nitrogens with one attached hydrogen (secondary N) is 7. The molecule has 2 aliphatic rings. The van der Waals surface area contributed by atoms with Crippen LogP contribution in [0.4, 0.5) is 0 Å². The van der Waals surface area contributed by atoms with Crippen molar-refractivity contribution in [2.24, 2.45) is 39.8 Å². The Bertz CT molecular complexity index is 1670. The van der Waals surface area contributed by atoms with E-state index in [0.29, 0.717) is 38.5 Å². The molecule has 23 heteroatoms. The van der Waals surface area contributed by atoms with Gasteiger partial charge in [-0.3, -0.25) is 48.1 Å². The van der Waals surface area contributed by atoms with Crippen molar-refractivity contribution in [2.45, 2.75) is 154 Å². The van der Waals surface area contributed by atoms with Crippen LogP contribution in [0.2, 0.25) is 0 Å². The van der Waals surface area contributed by atoms with Crippen LogP contribution >= 0.6 is 0 Å². The number of carbonyl (C=O) groups excluding carboxylic acids is 10. The number of amides is 9. The standard InChI is InChI=1S/C40H69N13O10/c1-6-21(3)31(52-38(62)32(22(4)7-2)51-33(57)23(5)47-34(58)25-11-8-16-45-25)37(61)50-27(19-30(42)56)35(59)49-26(12-9-17-46-40(43)44)39(63)53-18-10-13-28(53)36(60)48-24(20-54)14-15-29(41)55/h20-28,31-32,45H,6-19H2,1-5H3,(H2,41,55)(H2,42,56)(H,47,58)(H,48,60)(H,49,59)(H,50,61)(H,51,57)(H,52,62)(H4,43,44,46)/t21-,22-,23-,24-,25-,26-,27-,28-,31-,32-/m0/s1. The maximum absolute atomic E-state index is 14.1. The predicted octanol–water partition coefficient (Wildman–Crippen LogP) is -3.86. The molecule has 0 saturated carbocycles. The Morgan fingerprint density at radius 2 is 1.32 bits per heavy atom. The van der Waals surface area contributed by atoms with Crippen LogP contribution in [-0.2, 0) is 47.9 Å². The van der Waals surface area contributed by atoms with Crippen LogP contribution in [0.25, 0.3) is 0 Å². The van der Waals surface area contributed by atoms with Gasteiger partial charge in [-0.15, -0.1) is 0 Å². The summed E-state index contributed by atoms with van der Waals surface area (Å²) in [5.74, 6) is -7.61. The first kappa shape index (κ1) is 53.3. The first-order chi connectivity index (χ1) is 29.7. The topological polar surface area (TPSA) is 375 Å². The molecule has 15 N–H and O–H groups in total. The van der Waals surface area contributed by atoms with Crippen LogP contribution in [0.5, 0.6) is 0 Å². The van der Waals surface area contributed by atoms with E-state index in [1.165, 1.54) is 11.8 Å². The van der Waals surface area contributed by atoms with Crippen molar-refractivity contribution >= 4 is 65.4 Å². The van der Waals surface area contributed by atoms with E-state index >= 15 is 0 Å². The molecule has 0 aromatic carbocycles. The minimum absolute atomic E-state index is 0.0446. The summed E-state index contributed by atoms with van der Waals surface area (Å²) in [5.41, 5.74) is 21.6. The highest BCUT2D eigenvalue weighted by atomic mass is 16.2. The van der Waals surface area contributed by atoms with Crippen molar-refractivity contribution in [3.05, 3.63) is 0 Å². The monoisotopic (exact) mass is 892 g/mol. The zero-order chi connectivity index (χ0) is 47.4. The van der Waals surface area contributed by atoms with Crippen LogP contribution in [0.15, 0.2) is 4.99 Å². The lowest BCUT2D eigenvalue weighted by atomic mass is 9.94. The summed E-state index contributed by atoms with van der Waals surface area (Å²) in [6, 6.07) is -8.84. The van der Waals surface area contributed by atoms with Crippen molar-refractivity contribution in [1.82, 2.24) is 42.1 Å². The van der Waals surface area contributed by atoms with Gasteiger partial charge in [0.25, 0.3) is 0 Å². The quantitative estimate of drug-likeness (QED) is 0.0163. The molecule has 2 rings (SSSR count). The lowest BCUT2D eigenvalue weighted by molar-refractivity contribution is -0.142. The average molecular weight is 892 g/mol. The Hall–Kier alpha value is -5.87. The summed E-state index contributed by atoms with van der Waals surface area (Å²) in [6.45, 7) is 9.37. The zero-order valence-corrected chi connectivity index (χ0v) is 37.0. The number of carbonyl (C=O) groups is 10. The highest BCUT2D eigenvalue weighted by Gasteiger charge is 2.40. The van der Waals surface area contributed by atoms with Gasteiger partial charge in [0, 0.05) is 19.5 Å². The van der Waals surface area contributed by atoms with Gasteiger partial charge in [0.05, 0.1) is 18.5 Å². The Labute approximate surface area is 367 Å². The lowest BCUT2D eigenvalue weighted by Crippen LogP contribution is -2.62. The number of nitrogens with two attached hydrogens (primary N) is 4. The molecule has 0 aromatic rings. The second-order valence-electron chi connectivity index (χ2n) is 16.3. The average Bonchev–Trinajstić information content (AvgIpc) is 3.97. The van der Waals surface area contributed by atoms with E-state index in [2.05, 4.69) is 42.2 Å². The number of hydrogen-bond donors (Lipinski definition) is 11. The maximum atomic E-state index is 14.1. The number of guanidine groups is 1. The van der Waals surface area contributed by atoms with Crippen molar-refractivity contribution in [1.29, 1.82) is 0 Å². The number of aliphatic imine (C=N–C) groups is 1. The number of aldehydes is 1. The Morgan fingerprint density at radius 1 is 0.714 bits per heavy atom. The smallest absolute Gasteiger partial charge is 0.245 e. The Kier molecular flexibility index (Phi) is 22.5. The fourth-order valence-corrected chi connectivity index (χ4v) is 7.17. The molecular weight excluding hydrogens is 823 g/mol. The number of primary amides is 2. The van der Waals surface area contributed by atoms with Crippen LogP contribution in [0, 0.1) is 11.8 Å². The molecular formula is C40H69N13O10. The first-order valence-corrected chi connectivity index (χ1v) is 21.7. The van der Waals surface area contributed by atoms with E-state index in [-0.39, 0.29) is 57.1 Å². The first-order valence-electron chi connectivity index (χ1n) is 21.7. The molecule has 2 fully saturated rings. The van der Waals surface area contributed by atoms with E-state index in [1.807, 2.05) is 6.92 Å². The van der Waals surface area contributed by atoms with Crippen LogP contribution in [0.3, 0.4) is 0 Å². The summed E-state index contributed by atoms with van der Waals surface area (Å²) in [7, 11) is 0. The molecule has 0 aromatic heterocycles. The lowest BCUT2D eigenvalue weighted by Gasteiger charge is -2.31. The van der Waals surface area contributed by atoms with Gasteiger partial charge in [0.2, 0.25) is 53.2 Å². The molecule has 0 bridgehead atoms. The molecule has 0 aliphatic carbocycles. The predicted molar refractivity (Wildman–Crippen MR) is 230 cm³/mol. The van der Waals surface area contributed by atoms with Crippen LogP contribution < -0.4 is 60.2 Å². The fraction of sp³-hybridized carbons (Fsp3) is 0.725. The molecule has 10 atom stereocenters. The largest absolute Gasteiger partial charge is 0.370 e. The molecule has 63 heavy (non-hydrogen) atoms. The Balaban J connectivity index is 2.32. The number of likely N-dealkylation sites (tertiary alicyclic amines) is 1. The summed E-state index contributed by atoms with van der Waals surface area (Å²) >= 11 is 0. The molecule has 0 spiro atoms.